The number of hydrogen-bond donors (Lipinski definition) is 2. The number of carbonyl (C=O) groups is 2. The van der Waals surface area contributed by atoms with E-state index in [2.05, 4.69) is 5.32 Å². The van der Waals surface area contributed by atoms with Crippen LogP contribution in [-0.4, -0.2) is 36.7 Å². The number of rotatable bonds is 5. The minimum absolute atomic E-state index is 0.00282. The molecule has 0 spiro atoms. The van der Waals surface area contributed by atoms with Gasteiger partial charge in [-0.1, -0.05) is 32.6 Å². The third kappa shape index (κ3) is 3.98. The summed E-state index contributed by atoms with van der Waals surface area (Å²) in [6, 6.07) is -0.956. The summed E-state index contributed by atoms with van der Waals surface area (Å²) < 4.78 is 4.82. The fourth-order valence-electron chi connectivity index (χ4n) is 2.41. The highest BCUT2D eigenvalue weighted by molar-refractivity contribution is 5.87. The first-order chi connectivity index (χ1) is 8.49. The van der Waals surface area contributed by atoms with Crippen molar-refractivity contribution in [3.63, 3.8) is 0 Å². The lowest BCUT2D eigenvalue weighted by atomic mass is 9.81. The Kier molecular flexibility index (Phi) is 5.59. The van der Waals surface area contributed by atoms with Crippen molar-refractivity contribution in [1.29, 1.82) is 0 Å². The van der Waals surface area contributed by atoms with Crippen LogP contribution < -0.4 is 5.32 Å². The maximum Gasteiger partial charge on any atom is 0.328 e. The molecule has 1 fully saturated rings. The molecule has 1 aliphatic carbocycles. The van der Waals surface area contributed by atoms with E-state index in [1.54, 1.807) is 0 Å². The molecule has 0 aromatic carbocycles. The minimum atomic E-state index is -1.05. The lowest BCUT2D eigenvalue weighted by Crippen LogP contribution is -2.49. The molecule has 0 bridgehead atoms. The number of aliphatic carboxylic acids is 1. The second-order valence-electron chi connectivity index (χ2n) is 5.29. The zero-order valence-corrected chi connectivity index (χ0v) is 11.2. The molecular formula is C13H23NO4. The third-order valence-corrected chi connectivity index (χ3v) is 3.69. The first-order valence-corrected chi connectivity index (χ1v) is 6.52. The van der Waals surface area contributed by atoms with E-state index >= 15 is 0 Å². The van der Waals surface area contributed by atoms with E-state index in [4.69, 9.17) is 9.84 Å². The summed E-state index contributed by atoms with van der Waals surface area (Å²) in [7, 11) is 1.43. The molecule has 1 rings (SSSR count). The van der Waals surface area contributed by atoms with E-state index in [-0.39, 0.29) is 12.5 Å². The highest BCUT2D eigenvalue weighted by atomic mass is 16.5. The van der Waals surface area contributed by atoms with E-state index in [1.807, 2.05) is 6.92 Å². The van der Waals surface area contributed by atoms with E-state index in [0.717, 1.165) is 38.5 Å². The molecule has 0 aliphatic heterocycles. The molecule has 1 amide bonds. The van der Waals surface area contributed by atoms with Crippen LogP contribution in [0.25, 0.3) is 0 Å². The number of carboxylic acids is 1. The average Bonchev–Trinajstić information content (AvgIpc) is 2.54. The van der Waals surface area contributed by atoms with Crippen molar-refractivity contribution in [3.8, 4) is 0 Å². The van der Waals surface area contributed by atoms with Crippen LogP contribution in [0.2, 0.25) is 0 Å². The van der Waals surface area contributed by atoms with Crippen molar-refractivity contribution in [1.82, 2.24) is 5.32 Å². The van der Waals surface area contributed by atoms with Crippen molar-refractivity contribution in [3.05, 3.63) is 0 Å². The number of hydrogen-bond acceptors (Lipinski definition) is 3. The number of carbonyl (C=O) groups excluding carboxylic acids is 1. The Hall–Kier alpha value is -1.10. The third-order valence-electron chi connectivity index (χ3n) is 3.69. The summed E-state index contributed by atoms with van der Waals surface area (Å²) in [6.07, 6.45) is 6.04. The summed E-state index contributed by atoms with van der Waals surface area (Å²) in [4.78, 5) is 23.2. The Labute approximate surface area is 108 Å². The maximum absolute atomic E-state index is 12.2. The van der Waals surface area contributed by atoms with Gasteiger partial charge in [-0.2, -0.15) is 0 Å². The number of amides is 1. The van der Waals surface area contributed by atoms with Crippen LogP contribution in [0, 0.1) is 5.41 Å². The first kappa shape index (κ1) is 15.0. The van der Waals surface area contributed by atoms with Crippen molar-refractivity contribution < 1.29 is 19.4 Å². The molecule has 5 nitrogen and oxygen atoms in total. The monoisotopic (exact) mass is 257 g/mol. The number of nitrogens with one attached hydrogen (secondary N) is 1. The Morgan fingerprint density at radius 3 is 2.28 bits per heavy atom. The summed E-state index contributed by atoms with van der Waals surface area (Å²) in [6.45, 7) is 1.93. The van der Waals surface area contributed by atoms with Gasteiger partial charge in [-0.3, -0.25) is 4.79 Å². The highest BCUT2D eigenvalue weighted by Gasteiger charge is 2.35. The molecule has 1 saturated carbocycles. The molecule has 1 atom stereocenters. The second kappa shape index (κ2) is 6.73. The van der Waals surface area contributed by atoms with Crippen LogP contribution >= 0.6 is 0 Å². The molecule has 1 unspecified atom stereocenters. The summed E-state index contributed by atoms with van der Waals surface area (Å²) in [5.41, 5.74) is -0.433. The molecule has 0 aromatic rings. The predicted octanol–water partition coefficient (Wildman–Crippen LogP) is 1.56. The van der Waals surface area contributed by atoms with Crippen LogP contribution in [0.15, 0.2) is 0 Å². The van der Waals surface area contributed by atoms with Gasteiger partial charge in [-0.15, -0.1) is 0 Å². The van der Waals surface area contributed by atoms with Gasteiger partial charge in [0.05, 0.1) is 6.61 Å². The predicted molar refractivity (Wildman–Crippen MR) is 67.3 cm³/mol. The van der Waals surface area contributed by atoms with Gasteiger partial charge in [0.15, 0.2) is 6.04 Å². The molecular weight excluding hydrogens is 234 g/mol. The quantitative estimate of drug-likeness (QED) is 0.733. The maximum atomic E-state index is 12.2. The zero-order valence-electron chi connectivity index (χ0n) is 11.2. The molecule has 0 radical (unpaired) electrons. The van der Waals surface area contributed by atoms with E-state index in [1.165, 1.54) is 7.11 Å². The smallest absolute Gasteiger partial charge is 0.328 e. The largest absolute Gasteiger partial charge is 0.480 e. The zero-order chi connectivity index (χ0) is 13.6. The van der Waals surface area contributed by atoms with Crippen molar-refractivity contribution in [2.24, 2.45) is 5.41 Å². The first-order valence-electron chi connectivity index (χ1n) is 6.52. The van der Waals surface area contributed by atoms with E-state index < -0.39 is 17.4 Å². The molecule has 0 heterocycles. The lowest BCUT2D eigenvalue weighted by Gasteiger charge is -2.28. The lowest BCUT2D eigenvalue weighted by molar-refractivity contribution is -0.145. The summed E-state index contributed by atoms with van der Waals surface area (Å²) in [5, 5.41) is 11.6. The van der Waals surface area contributed by atoms with Gasteiger partial charge in [-0.05, 0) is 12.8 Å². The van der Waals surface area contributed by atoms with Crippen LogP contribution in [-0.2, 0) is 14.3 Å². The molecule has 104 valence electrons. The van der Waals surface area contributed by atoms with Crippen molar-refractivity contribution in [2.75, 3.05) is 13.7 Å². The number of methoxy groups -OCH3 is 1. The molecule has 5 heteroatoms. The van der Waals surface area contributed by atoms with Gasteiger partial charge in [0.2, 0.25) is 5.91 Å². The van der Waals surface area contributed by atoms with Crippen LogP contribution in [0.4, 0.5) is 0 Å². The van der Waals surface area contributed by atoms with E-state index in [9.17, 15) is 9.59 Å². The molecule has 18 heavy (non-hydrogen) atoms. The van der Waals surface area contributed by atoms with Gasteiger partial charge in [0.1, 0.15) is 0 Å². The fraction of sp³-hybridized carbons (Fsp3) is 0.846. The van der Waals surface area contributed by atoms with Gasteiger partial charge in [0.25, 0.3) is 0 Å². The molecule has 0 aromatic heterocycles. The molecule has 1 aliphatic rings. The van der Waals surface area contributed by atoms with Gasteiger partial charge < -0.3 is 15.2 Å². The Balaban J connectivity index is 2.63. The summed E-state index contributed by atoms with van der Waals surface area (Å²) in [5.74, 6) is -1.21. The standard InChI is InChI=1S/C13H23NO4/c1-13(7-5-3-4-6-8-13)12(17)14-10(9-18-2)11(15)16/h10H,3-9H2,1-2H3,(H,14,17)(H,15,16). The molecule has 0 saturated heterocycles. The topological polar surface area (TPSA) is 75.6 Å². The van der Waals surface area contributed by atoms with E-state index in [0.29, 0.717) is 0 Å². The Morgan fingerprint density at radius 2 is 1.83 bits per heavy atom. The normalized spacial score (nSPS) is 20.8. The minimum Gasteiger partial charge on any atom is -0.480 e. The SMILES string of the molecule is COCC(NC(=O)C1(C)CCCCCC1)C(=O)O. The Bertz CT molecular complexity index is 295. The number of ether oxygens (including phenoxy) is 1. The fourth-order valence-corrected chi connectivity index (χ4v) is 2.41. The van der Waals surface area contributed by atoms with Crippen LogP contribution in [0.1, 0.15) is 45.4 Å². The summed E-state index contributed by atoms with van der Waals surface area (Å²) >= 11 is 0. The van der Waals surface area contributed by atoms with Gasteiger partial charge in [0, 0.05) is 12.5 Å². The highest BCUT2D eigenvalue weighted by Crippen LogP contribution is 2.34. The Morgan fingerprint density at radius 1 is 1.28 bits per heavy atom. The van der Waals surface area contributed by atoms with Crippen LogP contribution in [0.5, 0.6) is 0 Å². The second-order valence-corrected chi connectivity index (χ2v) is 5.29. The van der Waals surface area contributed by atoms with Crippen molar-refractivity contribution in [2.45, 2.75) is 51.5 Å². The van der Waals surface area contributed by atoms with Crippen molar-refractivity contribution >= 4 is 11.9 Å². The van der Waals surface area contributed by atoms with Gasteiger partial charge >= 0.3 is 5.97 Å². The van der Waals surface area contributed by atoms with Gasteiger partial charge in [-0.25, -0.2) is 4.79 Å². The average molecular weight is 257 g/mol. The molecule has 2 N–H and O–H groups in total. The number of carboxylic acid groups (broad SMARTS) is 1. The van der Waals surface area contributed by atoms with Crippen LogP contribution in [0.3, 0.4) is 0 Å².